The number of carbonyl (C=O) groups excluding carboxylic acids is 2. The minimum absolute atomic E-state index is 0.0901. The number of carboxylic acids is 1. The van der Waals surface area contributed by atoms with Gasteiger partial charge < -0.3 is 19.7 Å². The molecule has 1 fully saturated rings. The van der Waals surface area contributed by atoms with E-state index >= 15 is 0 Å². The molecule has 0 spiro atoms. The van der Waals surface area contributed by atoms with Gasteiger partial charge in [-0.25, -0.2) is 9.59 Å². The largest absolute Gasteiger partial charge is 0.497 e. The van der Waals surface area contributed by atoms with Gasteiger partial charge in [-0.2, -0.15) is 0 Å². The second-order valence-electron chi connectivity index (χ2n) is 6.13. The Balaban J connectivity index is 1.64. The van der Waals surface area contributed by atoms with Gasteiger partial charge in [0.15, 0.2) is 0 Å². The Bertz CT molecular complexity index is 865. The highest BCUT2D eigenvalue weighted by molar-refractivity contribution is 8.04. The number of nitrogens with zero attached hydrogens (tertiary/aromatic N) is 1. The number of ether oxygens (including phenoxy) is 2. The van der Waals surface area contributed by atoms with Crippen LogP contribution in [0.1, 0.15) is 28.4 Å². The number of carboxylic acid groups (broad SMARTS) is 1. The van der Waals surface area contributed by atoms with Crippen molar-refractivity contribution in [2.24, 2.45) is 5.92 Å². The van der Waals surface area contributed by atoms with Gasteiger partial charge in [0.1, 0.15) is 22.9 Å². The van der Waals surface area contributed by atoms with Crippen LogP contribution in [0.5, 0.6) is 5.75 Å². The average molecular weight is 377 g/mol. The molecule has 3 atom stereocenters. The number of cyclic esters (lactones) is 1. The standard InChI is InChI=1S/C17H15NO7S/c1-24-7-2-3-8-9(4-7)17(23)25-11(8)5-12-13(16(21)22)18-14(20)10(6-19)15(18)26-12/h2-4,10-11,15,19H,5-6H2,1H3,(H,21,22)/t10-,11?,15+/m0/s1. The molecule has 9 heteroatoms. The molecule has 1 aromatic carbocycles. The van der Waals surface area contributed by atoms with Crippen molar-refractivity contribution < 1.29 is 34.1 Å². The number of β-lactam (4-membered cyclic amide) rings is 1. The molecular formula is C17H15NO7S. The van der Waals surface area contributed by atoms with Crippen LogP contribution in [-0.2, 0) is 14.3 Å². The van der Waals surface area contributed by atoms with Gasteiger partial charge in [0, 0.05) is 16.9 Å². The summed E-state index contributed by atoms with van der Waals surface area (Å²) in [5.41, 5.74) is 0.961. The molecule has 0 saturated carbocycles. The van der Waals surface area contributed by atoms with E-state index in [0.29, 0.717) is 21.8 Å². The quantitative estimate of drug-likeness (QED) is 0.580. The van der Waals surface area contributed by atoms with Crippen LogP contribution in [0.25, 0.3) is 0 Å². The number of carbonyl (C=O) groups is 3. The molecule has 0 bridgehead atoms. The average Bonchev–Trinajstić information content (AvgIpc) is 3.11. The lowest BCUT2D eigenvalue weighted by Gasteiger charge is -2.41. The van der Waals surface area contributed by atoms with Crippen LogP contribution in [0.3, 0.4) is 0 Å². The van der Waals surface area contributed by atoms with Gasteiger partial charge in [0.25, 0.3) is 0 Å². The number of fused-ring (bicyclic) bond motifs is 2. The summed E-state index contributed by atoms with van der Waals surface area (Å²) in [5.74, 6) is -2.17. The lowest BCUT2D eigenvalue weighted by atomic mass is 9.97. The molecule has 0 aliphatic carbocycles. The van der Waals surface area contributed by atoms with Gasteiger partial charge in [-0.15, -0.1) is 11.8 Å². The zero-order valence-corrected chi connectivity index (χ0v) is 14.5. The van der Waals surface area contributed by atoms with Gasteiger partial charge in [0.2, 0.25) is 5.91 Å². The van der Waals surface area contributed by atoms with Crippen molar-refractivity contribution >= 4 is 29.6 Å². The number of hydrogen-bond donors (Lipinski definition) is 2. The molecule has 1 amide bonds. The number of methoxy groups -OCH3 is 1. The molecular weight excluding hydrogens is 362 g/mol. The molecule has 3 heterocycles. The highest BCUT2D eigenvalue weighted by Crippen LogP contribution is 2.52. The van der Waals surface area contributed by atoms with Crippen molar-refractivity contribution in [1.29, 1.82) is 0 Å². The summed E-state index contributed by atoms with van der Waals surface area (Å²) in [4.78, 5) is 37.5. The fourth-order valence-electron chi connectivity index (χ4n) is 3.46. The summed E-state index contributed by atoms with van der Waals surface area (Å²) in [6, 6.07) is 5.02. The molecule has 0 radical (unpaired) electrons. The first-order chi connectivity index (χ1) is 12.5. The summed E-state index contributed by atoms with van der Waals surface area (Å²) in [6.45, 7) is -0.325. The number of aliphatic hydroxyl groups is 1. The molecule has 1 aromatic rings. The smallest absolute Gasteiger partial charge is 0.353 e. The summed E-state index contributed by atoms with van der Waals surface area (Å²) >= 11 is 1.23. The Labute approximate surface area is 152 Å². The SMILES string of the molecule is COc1ccc2c(c1)C(=O)OC2CC1=C(C(=O)O)N2C(=O)[C@H](CO)[C@H]2S1. The number of benzene rings is 1. The van der Waals surface area contributed by atoms with E-state index in [0.717, 1.165) is 0 Å². The summed E-state index contributed by atoms with van der Waals surface area (Å²) in [7, 11) is 1.50. The third-order valence-electron chi connectivity index (χ3n) is 4.77. The van der Waals surface area contributed by atoms with Crippen LogP contribution < -0.4 is 4.74 Å². The Hall–Kier alpha value is -2.52. The Morgan fingerprint density at radius 1 is 1.38 bits per heavy atom. The van der Waals surface area contributed by atoms with Crippen LogP contribution in [0.2, 0.25) is 0 Å². The van der Waals surface area contributed by atoms with Crippen LogP contribution in [0.15, 0.2) is 28.8 Å². The van der Waals surface area contributed by atoms with Gasteiger partial charge >= 0.3 is 11.9 Å². The number of hydrogen-bond acceptors (Lipinski definition) is 7. The van der Waals surface area contributed by atoms with E-state index in [1.54, 1.807) is 18.2 Å². The van der Waals surface area contributed by atoms with Crippen molar-refractivity contribution in [2.75, 3.05) is 13.7 Å². The molecule has 2 N–H and O–H groups in total. The third-order valence-corrected chi connectivity index (χ3v) is 6.19. The number of amides is 1. The van der Waals surface area contributed by atoms with Crippen LogP contribution in [0.4, 0.5) is 0 Å². The normalized spacial score (nSPS) is 26.4. The first-order valence-electron chi connectivity index (χ1n) is 7.92. The van der Waals surface area contributed by atoms with E-state index in [1.807, 2.05) is 0 Å². The number of esters is 1. The van der Waals surface area contributed by atoms with E-state index < -0.39 is 35.2 Å². The molecule has 3 aliphatic heterocycles. The van der Waals surface area contributed by atoms with Crippen LogP contribution in [-0.4, -0.2) is 52.0 Å². The van der Waals surface area contributed by atoms with Crippen LogP contribution >= 0.6 is 11.8 Å². The van der Waals surface area contributed by atoms with Crippen molar-refractivity contribution in [1.82, 2.24) is 4.90 Å². The fraction of sp³-hybridized carbons (Fsp3) is 0.353. The Kier molecular flexibility index (Phi) is 3.92. The highest BCUT2D eigenvalue weighted by Gasteiger charge is 2.56. The number of thioether (sulfide) groups is 1. The van der Waals surface area contributed by atoms with Crippen molar-refractivity contribution in [2.45, 2.75) is 17.9 Å². The lowest BCUT2D eigenvalue weighted by molar-refractivity contribution is -0.153. The van der Waals surface area contributed by atoms with E-state index in [9.17, 15) is 24.6 Å². The number of aliphatic hydroxyl groups excluding tert-OH is 1. The highest BCUT2D eigenvalue weighted by atomic mass is 32.2. The molecule has 136 valence electrons. The van der Waals surface area contributed by atoms with Gasteiger partial charge in [-0.3, -0.25) is 9.69 Å². The van der Waals surface area contributed by atoms with Gasteiger partial charge in [-0.05, 0) is 12.1 Å². The van der Waals surface area contributed by atoms with Gasteiger partial charge in [-0.1, -0.05) is 6.07 Å². The first kappa shape index (κ1) is 16.9. The topological polar surface area (TPSA) is 113 Å². The fourth-order valence-corrected chi connectivity index (χ4v) is 4.98. The molecule has 1 saturated heterocycles. The predicted molar refractivity (Wildman–Crippen MR) is 89.2 cm³/mol. The Morgan fingerprint density at radius 2 is 2.15 bits per heavy atom. The second kappa shape index (κ2) is 6.03. The molecule has 4 rings (SSSR count). The second-order valence-corrected chi connectivity index (χ2v) is 7.35. The van der Waals surface area contributed by atoms with Crippen molar-refractivity contribution in [3.63, 3.8) is 0 Å². The van der Waals surface area contributed by atoms with E-state index in [-0.39, 0.29) is 18.7 Å². The predicted octanol–water partition coefficient (Wildman–Crippen LogP) is 1.12. The number of rotatable bonds is 5. The minimum Gasteiger partial charge on any atom is -0.497 e. The molecule has 1 unspecified atom stereocenters. The summed E-state index contributed by atoms with van der Waals surface area (Å²) < 4.78 is 10.5. The number of aliphatic carboxylic acids is 1. The van der Waals surface area contributed by atoms with Gasteiger partial charge in [0.05, 0.1) is 25.2 Å². The summed E-state index contributed by atoms with van der Waals surface area (Å²) in [5, 5.41) is 18.4. The Morgan fingerprint density at radius 3 is 2.81 bits per heavy atom. The van der Waals surface area contributed by atoms with Crippen molar-refractivity contribution in [3.05, 3.63) is 39.9 Å². The molecule has 8 nitrogen and oxygen atoms in total. The monoisotopic (exact) mass is 377 g/mol. The van der Waals surface area contributed by atoms with E-state index in [1.165, 1.54) is 23.8 Å². The zero-order valence-electron chi connectivity index (χ0n) is 13.7. The van der Waals surface area contributed by atoms with E-state index in [2.05, 4.69) is 0 Å². The minimum atomic E-state index is -1.21. The maximum absolute atomic E-state index is 12.1. The zero-order chi connectivity index (χ0) is 18.6. The van der Waals surface area contributed by atoms with Crippen molar-refractivity contribution in [3.8, 4) is 5.75 Å². The van der Waals surface area contributed by atoms with E-state index in [4.69, 9.17) is 9.47 Å². The third kappa shape index (κ3) is 2.31. The first-order valence-corrected chi connectivity index (χ1v) is 8.80. The lowest BCUT2D eigenvalue weighted by Crippen LogP contribution is -2.58. The molecule has 0 aromatic heterocycles. The molecule has 3 aliphatic rings. The van der Waals surface area contributed by atoms with Crippen LogP contribution in [0, 0.1) is 5.92 Å². The maximum Gasteiger partial charge on any atom is 0.353 e. The maximum atomic E-state index is 12.1. The summed E-state index contributed by atoms with van der Waals surface area (Å²) in [6.07, 6.45) is -0.461. The molecule has 26 heavy (non-hydrogen) atoms.